The highest BCUT2D eigenvalue weighted by atomic mass is 16.4. The number of carbonyl (C=O) groups excluding carboxylic acids is 1. The molecular formula is C17H21NO4. The lowest BCUT2D eigenvalue weighted by atomic mass is 9.76. The molecule has 5 nitrogen and oxygen atoms in total. The Morgan fingerprint density at radius 1 is 1.23 bits per heavy atom. The Labute approximate surface area is 129 Å². The van der Waals surface area contributed by atoms with E-state index in [1.807, 2.05) is 0 Å². The molecule has 0 heterocycles. The zero-order valence-corrected chi connectivity index (χ0v) is 12.6. The van der Waals surface area contributed by atoms with E-state index in [1.165, 1.54) is 13.0 Å². The molecule has 2 rings (SSSR count). The van der Waals surface area contributed by atoms with Crippen LogP contribution in [0.1, 0.15) is 19.4 Å². The van der Waals surface area contributed by atoms with E-state index >= 15 is 0 Å². The van der Waals surface area contributed by atoms with Gasteiger partial charge < -0.3 is 20.1 Å². The predicted molar refractivity (Wildman–Crippen MR) is 82.6 cm³/mol. The van der Waals surface area contributed by atoms with E-state index in [-0.39, 0.29) is 0 Å². The molecule has 0 spiro atoms. The van der Waals surface area contributed by atoms with Gasteiger partial charge in [-0.3, -0.25) is 5.32 Å². The molecule has 1 aromatic rings. The third-order valence-corrected chi connectivity index (χ3v) is 4.16. The summed E-state index contributed by atoms with van der Waals surface area (Å²) >= 11 is 0. The molecule has 0 aromatic heterocycles. The van der Waals surface area contributed by atoms with Gasteiger partial charge in [-0.1, -0.05) is 48.6 Å². The van der Waals surface area contributed by atoms with Crippen molar-refractivity contribution in [2.24, 2.45) is 5.41 Å². The topological polar surface area (TPSA) is 89.8 Å². The van der Waals surface area contributed by atoms with Crippen molar-refractivity contribution in [1.29, 1.82) is 0 Å². The first-order chi connectivity index (χ1) is 10.3. The average Bonchev–Trinajstić information content (AvgIpc) is 2.51. The fraction of sp³-hybridized carbons (Fsp3) is 0.353. The summed E-state index contributed by atoms with van der Waals surface area (Å²) in [7, 11) is 0. The first kappa shape index (κ1) is 16.6. The maximum absolute atomic E-state index is 11.5. The number of aliphatic hydroxyl groups is 3. The largest absolute Gasteiger partial charge is 0.389 e. The van der Waals surface area contributed by atoms with Gasteiger partial charge in [0.1, 0.15) is 6.29 Å². The third kappa shape index (κ3) is 2.64. The van der Waals surface area contributed by atoms with Crippen LogP contribution in [0.5, 0.6) is 0 Å². The molecule has 0 amide bonds. The summed E-state index contributed by atoms with van der Waals surface area (Å²) in [5.74, 6) is 0. The van der Waals surface area contributed by atoms with Crippen molar-refractivity contribution in [3.8, 4) is 0 Å². The summed E-state index contributed by atoms with van der Waals surface area (Å²) in [5, 5.41) is 34.5. The molecule has 4 unspecified atom stereocenters. The van der Waals surface area contributed by atoms with Gasteiger partial charge in [0.25, 0.3) is 0 Å². The SMILES string of the molecule is CC(O)C(O)(NC1(O)C=CC=CC1(C)C=O)c1ccccc1. The first-order valence-electron chi connectivity index (χ1n) is 7.08. The van der Waals surface area contributed by atoms with Gasteiger partial charge in [-0.2, -0.15) is 0 Å². The fourth-order valence-electron chi connectivity index (χ4n) is 2.46. The van der Waals surface area contributed by atoms with E-state index in [1.54, 1.807) is 55.5 Å². The summed E-state index contributed by atoms with van der Waals surface area (Å²) in [6, 6.07) is 8.46. The number of hydrogen-bond acceptors (Lipinski definition) is 5. The molecule has 118 valence electrons. The number of aldehydes is 1. The van der Waals surface area contributed by atoms with Crippen molar-refractivity contribution in [1.82, 2.24) is 5.32 Å². The summed E-state index contributed by atoms with van der Waals surface area (Å²) in [6.07, 6.45) is 5.53. The lowest BCUT2D eigenvalue weighted by molar-refractivity contribution is -0.169. The minimum Gasteiger partial charge on any atom is -0.389 e. The van der Waals surface area contributed by atoms with Crippen LogP contribution in [0.4, 0.5) is 0 Å². The molecule has 0 saturated carbocycles. The molecule has 4 N–H and O–H groups in total. The van der Waals surface area contributed by atoms with Crippen LogP contribution in [0.15, 0.2) is 54.6 Å². The van der Waals surface area contributed by atoms with Crippen LogP contribution in [0.2, 0.25) is 0 Å². The molecule has 0 bridgehead atoms. The van der Waals surface area contributed by atoms with Crippen molar-refractivity contribution < 1.29 is 20.1 Å². The molecule has 0 fully saturated rings. The predicted octanol–water partition coefficient (Wildman–Crippen LogP) is 0.822. The van der Waals surface area contributed by atoms with Crippen molar-refractivity contribution in [3.05, 3.63) is 60.2 Å². The van der Waals surface area contributed by atoms with Gasteiger partial charge in [0.15, 0.2) is 11.4 Å². The summed E-state index contributed by atoms with van der Waals surface area (Å²) in [4.78, 5) is 11.5. The highest BCUT2D eigenvalue weighted by molar-refractivity contribution is 5.66. The lowest BCUT2D eigenvalue weighted by Gasteiger charge is -2.46. The third-order valence-electron chi connectivity index (χ3n) is 4.16. The van der Waals surface area contributed by atoms with Crippen LogP contribution in [0.3, 0.4) is 0 Å². The van der Waals surface area contributed by atoms with E-state index in [9.17, 15) is 20.1 Å². The van der Waals surface area contributed by atoms with E-state index in [0.717, 1.165) is 0 Å². The van der Waals surface area contributed by atoms with Crippen molar-refractivity contribution in [2.75, 3.05) is 0 Å². The number of aliphatic hydroxyl groups excluding tert-OH is 1. The normalized spacial score (nSPS) is 31.5. The van der Waals surface area contributed by atoms with E-state index in [4.69, 9.17) is 0 Å². The van der Waals surface area contributed by atoms with Gasteiger partial charge in [-0.25, -0.2) is 0 Å². The van der Waals surface area contributed by atoms with Gasteiger partial charge in [-0.15, -0.1) is 0 Å². The second kappa shape index (κ2) is 5.78. The number of allylic oxidation sites excluding steroid dienone is 2. The molecule has 22 heavy (non-hydrogen) atoms. The van der Waals surface area contributed by atoms with Crippen LogP contribution in [-0.2, 0) is 10.5 Å². The Hall–Kier alpha value is -1.79. The number of hydrogen-bond donors (Lipinski definition) is 4. The van der Waals surface area contributed by atoms with Crippen molar-refractivity contribution >= 4 is 6.29 Å². The molecular weight excluding hydrogens is 282 g/mol. The number of carbonyl (C=O) groups is 1. The molecule has 1 aromatic carbocycles. The molecule has 0 saturated heterocycles. The molecule has 5 heteroatoms. The maximum Gasteiger partial charge on any atom is 0.170 e. The van der Waals surface area contributed by atoms with Crippen LogP contribution >= 0.6 is 0 Å². The molecule has 0 aliphatic heterocycles. The van der Waals surface area contributed by atoms with E-state index < -0.39 is 23.0 Å². The monoisotopic (exact) mass is 303 g/mol. The number of benzene rings is 1. The Morgan fingerprint density at radius 2 is 1.82 bits per heavy atom. The zero-order chi connectivity index (χ0) is 16.4. The van der Waals surface area contributed by atoms with Gasteiger partial charge in [0.2, 0.25) is 0 Å². The van der Waals surface area contributed by atoms with Crippen molar-refractivity contribution in [3.63, 3.8) is 0 Å². The highest BCUT2D eigenvalue weighted by Crippen LogP contribution is 2.37. The fourth-order valence-corrected chi connectivity index (χ4v) is 2.46. The standard InChI is InChI=1S/C17H21NO4/c1-13(20)17(22,14-8-4-3-5-9-14)18-16(21)11-7-6-10-15(16,2)12-19/h3-13,18,20-22H,1-2H3. The molecule has 0 radical (unpaired) electrons. The van der Waals surface area contributed by atoms with Gasteiger partial charge in [0, 0.05) is 5.56 Å². The Kier molecular flexibility index (Phi) is 4.35. The number of rotatable bonds is 5. The van der Waals surface area contributed by atoms with Crippen molar-refractivity contribution in [2.45, 2.75) is 31.4 Å². The van der Waals surface area contributed by atoms with Gasteiger partial charge in [0.05, 0.1) is 11.5 Å². The van der Waals surface area contributed by atoms with Gasteiger partial charge >= 0.3 is 0 Å². The second-order valence-corrected chi connectivity index (χ2v) is 5.82. The van der Waals surface area contributed by atoms with Crippen LogP contribution in [-0.4, -0.2) is 33.4 Å². The van der Waals surface area contributed by atoms with E-state index in [0.29, 0.717) is 11.8 Å². The maximum atomic E-state index is 11.5. The highest BCUT2D eigenvalue weighted by Gasteiger charge is 2.51. The Balaban J connectivity index is 2.46. The Morgan fingerprint density at radius 3 is 2.36 bits per heavy atom. The Bertz CT molecular complexity index is 598. The molecule has 1 aliphatic rings. The summed E-state index contributed by atoms with van der Waals surface area (Å²) in [6.45, 7) is 2.95. The van der Waals surface area contributed by atoms with E-state index in [2.05, 4.69) is 5.32 Å². The summed E-state index contributed by atoms with van der Waals surface area (Å²) in [5.41, 5.74) is -4.66. The minimum atomic E-state index is -1.92. The van der Waals surface area contributed by atoms with Crippen LogP contribution in [0, 0.1) is 5.41 Å². The van der Waals surface area contributed by atoms with Crippen LogP contribution in [0.25, 0.3) is 0 Å². The quantitative estimate of drug-likeness (QED) is 0.478. The smallest absolute Gasteiger partial charge is 0.170 e. The second-order valence-electron chi connectivity index (χ2n) is 5.82. The van der Waals surface area contributed by atoms with Crippen LogP contribution < -0.4 is 5.32 Å². The lowest BCUT2D eigenvalue weighted by Crippen LogP contribution is -2.66. The first-order valence-corrected chi connectivity index (χ1v) is 7.08. The minimum absolute atomic E-state index is 0.384. The van der Waals surface area contributed by atoms with Gasteiger partial charge in [-0.05, 0) is 19.9 Å². The average molecular weight is 303 g/mol. The summed E-state index contributed by atoms with van der Waals surface area (Å²) < 4.78 is 0. The molecule has 4 atom stereocenters. The molecule has 1 aliphatic carbocycles. The zero-order valence-electron chi connectivity index (χ0n) is 12.6. The number of nitrogens with one attached hydrogen (secondary N) is 1.